The maximum absolute atomic E-state index is 11.6. The number of hydrogen-bond donors (Lipinski definition) is 4. The molecule has 0 aliphatic heterocycles. The molecule has 19 heavy (non-hydrogen) atoms. The van der Waals surface area contributed by atoms with Gasteiger partial charge in [-0.2, -0.15) is 0 Å². The second-order valence-corrected chi connectivity index (χ2v) is 3.93. The molecule has 0 spiro atoms. The molecule has 1 rings (SSSR count). The summed E-state index contributed by atoms with van der Waals surface area (Å²) in [4.78, 5) is 33.1. The van der Waals surface area contributed by atoms with Crippen LogP contribution < -0.4 is 11.1 Å². The van der Waals surface area contributed by atoms with Gasteiger partial charge in [0, 0.05) is 5.56 Å². The van der Waals surface area contributed by atoms with Crippen molar-refractivity contribution in [3.05, 3.63) is 29.8 Å². The number of carbonyl (C=O) groups excluding carboxylic acids is 2. The Morgan fingerprint density at radius 1 is 1.26 bits per heavy atom. The standard InChI is InChI=1S/C12H14N2O5/c13-10(16)6-8(12(18)19)14-11(17)5-7-3-1-2-4-9(7)15/h1-4,8,15H,5-6H2,(H2,13,16)(H,14,17)(H,18,19). The molecule has 0 saturated carbocycles. The second-order valence-electron chi connectivity index (χ2n) is 3.93. The van der Waals surface area contributed by atoms with Crippen molar-refractivity contribution in [3.63, 3.8) is 0 Å². The van der Waals surface area contributed by atoms with Crippen molar-refractivity contribution < 1.29 is 24.6 Å². The minimum atomic E-state index is -1.36. The molecule has 1 aromatic rings. The number of carbonyl (C=O) groups is 3. The van der Waals surface area contributed by atoms with Gasteiger partial charge in [0.15, 0.2) is 0 Å². The van der Waals surface area contributed by atoms with Crippen LogP contribution >= 0.6 is 0 Å². The lowest BCUT2D eigenvalue weighted by molar-refractivity contribution is -0.143. The van der Waals surface area contributed by atoms with Crippen LogP contribution in [0.4, 0.5) is 0 Å². The highest BCUT2D eigenvalue weighted by Crippen LogP contribution is 2.15. The highest BCUT2D eigenvalue weighted by Gasteiger charge is 2.22. The van der Waals surface area contributed by atoms with Crippen LogP contribution in [0.15, 0.2) is 24.3 Å². The molecule has 1 aromatic carbocycles. The molecule has 0 fully saturated rings. The van der Waals surface area contributed by atoms with Gasteiger partial charge >= 0.3 is 5.97 Å². The molecule has 0 radical (unpaired) electrons. The third kappa shape index (κ3) is 4.66. The van der Waals surface area contributed by atoms with Crippen LogP contribution in [0.2, 0.25) is 0 Å². The summed E-state index contributed by atoms with van der Waals surface area (Å²) < 4.78 is 0. The van der Waals surface area contributed by atoms with Crippen LogP contribution in [0.1, 0.15) is 12.0 Å². The number of phenolic OH excluding ortho intramolecular Hbond substituents is 1. The Hall–Kier alpha value is -2.57. The van der Waals surface area contributed by atoms with Crippen LogP contribution in [0.5, 0.6) is 5.75 Å². The van der Waals surface area contributed by atoms with Gasteiger partial charge in [-0.3, -0.25) is 9.59 Å². The molecule has 0 heterocycles. The van der Waals surface area contributed by atoms with E-state index in [1.165, 1.54) is 6.07 Å². The minimum Gasteiger partial charge on any atom is -0.508 e. The topological polar surface area (TPSA) is 130 Å². The third-order valence-electron chi connectivity index (χ3n) is 2.38. The Balaban J connectivity index is 2.65. The molecule has 1 unspecified atom stereocenters. The predicted octanol–water partition coefficient (Wildman–Crippen LogP) is -0.620. The van der Waals surface area contributed by atoms with E-state index in [9.17, 15) is 19.5 Å². The lowest BCUT2D eigenvalue weighted by Crippen LogP contribution is -2.43. The van der Waals surface area contributed by atoms with Crippen molar-refractivity contribution in [3.8, 4) is 5.75 Å². The molecule has 1 atom stereocenters. The fourth-order valence-corrected chi connectivity index (χ4v) is 1.48. The van der Waals surface area contributed by atoms with Gasteiger partial charge in [-0.25, -0.2) is 4.79 Å². The lowest BCUT2D eigenvalue weighted by atomic mass is 10.1. The molecule has 0 aliphatic carbocycles. The van der Waals surface area contributed by atoms with Crippen LogP contribution in [0.25, 0.3) is 0 Å². The van der Waals surface area contributed by atoms with Gasteiger partial charge in [-0.05, 0) is 6.07 Å². The fraction of sp³-hybridized carbons (Fsp3) is 0.250. The number of amides is 2. The van der Waals surface area contributed by atoms with E-state index in [0.29, 0.717) is 5.56 Å². The first-order chi connectivity index (χ1) is 8.90. The number of para-hydroxylation sites is 1. The van der Waals surface area contributed by atoms with Gasteiger partial charge < -0.3 is 21.3 Å². The Morgan fingerprint density at radius 2 is 1.89 bits per heavy atom. The average molecular weight is 266 g/mol. The third-order valence-corrected chi connectivity index (χ3v) is 2.38. The van der Waals surface area contributed by atoms with Gasteiger partial charge in [0.05, 0.1) is 12.8 Å². The predicted molar refractivity (Wildman–Crippen MR) is 65.2 cm³/mol. The quantitative estimate of drug-likeness (QED) is 0.545. The van der Waals surface area contributed by atoms with Gasteiger partial charge in [-0.1, -0.05) is 18.2 Å². The zero-order chi connectivity index (χ0) is 14.4. The Kier molecular flexibility index (Phi) is 4.87. The smallest absolute Gasteiger partial charge is 0.326 e. The van der Waals surface area contributed by atoms with Crippen molar-refractivity contribution in [1.29, 1.82) is 0 Å². The van der Waals surface area contributed by atoms with Crippen LogP contribution in [-0.4, -0.2) is 34.0 Å². The molecule has 0 bridgehead atoms. The molecule has 0 aromatic heterocycles. The molecule has 2 amide bonds. The number of rotatable bonds is 6. The highest BCUT2D eigenvalue weighted by molar-refractivity contribution is 5.88. The van der Waals surface area contributed by atoms with E-state index < -0.39 is 30.2 Å². The van der Waals surface area contributed by atoms with Gasteiger partial charge in [0.2, 0.25) is 11.8 Å². The number of carboxylic acid groups (broad SMARTS) is 1. The Labute approximate surface area is 109 Å². The SMILES string of the molecule is NC(=O)CC(NC(=O)Cc1ccccc1O)C(=O)O. The summed E-state index contributed by atoms with van der Waals surface area (Å²) in [7, 11) is 0. The molecule has 7 nitrogen and oxygen atoms in total. The maximum atomic E-state index is 11.6. The molecule has 5 N–H and O–H groups in total. The number of hydrogen-bond acceptors (Lipinski definition) is 4. The van der Waals surface area contributed by atoms with Crippen LogP contribution in [0, 0.1) is 0 Å². The van der Waals surface area contributed by atoms with Gasteiger partial charge in [0.1, 0.15) is 11.8 Å². The summed E-state index contributed by atoms with van der Waals surface area (Å²) in [6.07, 6.45) is -0.670. The monoisotopic (exact) mass is 266 g/mol. The molecule has 0 saturated heterocycles. The summed E-state index contributed by atoms with van der Waals surface area (Å²) >= 11 is 0. The second kappa shape index (κ2) is 6.39. The minimum absolute atomic E-state index is 0.0561. The zero-order valence-electron chi connectivity index (χ0n) is 10.00. The number of primary amides is 1. The molecule has 102 valence electrons. The first-order valence-corrected chi connectivity index (χ1v) is 5.47. The van der Waals surface area contributed by atoms with Gasteiger partial charge in [0.25, 0.3) is 0 Å². The number of aliphatic carboxylic acids is 1. The first kappa shape index (κ1) is 14.5. The first-order valence-electron chi connectivity index (χ1n) is 5.47. The van der Waals surface area contributed by atoms with Crippen molar-refractivity contribution in [1.82, 2.24) is 5.32 Å². The van der Waals surface area contributed by atoms with Crippen molar-refractivity contribution >= 4 is 17.8 Å². The van der Waals surface area contributed by atoms with E-state index >= 15 is 0 Å². The summed E-state index contributed by atoms with van der Waals surface area (Å²) in [5, 5.41) is 20.5. The average Bonchev–Trinajstić information content (AvgIpc) is 2.30. The van der Waals surface area contributed by atoms with Crippen molar-refractivity contribution in [2.24, 2.45) is 5.73 Å². The summed E-state index contributed by atoms with van der Waals surface area (Å²) in [5.41, 5.74) is 5.25. The van der Waals surface area contributed by atoms with E-state index in [0.717, 1.165) is 0 Å². The molecular formula is C12H14N2O5. The lowest BCUT2D eigenvalue weighted by Gasteiger charge is -2.13. The largest absolute Gasteiger partial charge is 0.508 e. The normalized spacial score (nSPS) is 11.6. The van der Waals surface area contributed by atoms with E-state index in [4.69, 9.17) is 10.8 Å². The number of carboxylic acids is 1. The van der Waals surface area contributed by atoms with E-state index in [1.54, 1.807) is 18.2 Å². The molecule has 7 heteroatoms. The number of aromatic hydroxyl groups is 1. The summed E-state index contributed by atoms with van der Waals surface area (Å²) in [6.45, 7) is 0. The van der Waals surface area contributed by atoms with Gasteiger partial charge in [-0.15, -0.1) is 0 Å². The summed E-state index contributed by atoms with van der Waals surface area (Å²) in [5.74, 6) is -2.84. The number of nitrogens with two attached hydrogens (primary N) is 1. The van der Waals surface area contributed by atoms with Crippen LogP contribution in [-0.2, 0) is 20.8 Å². The highest BCUT2D eigenvalue weighted by atomic mass is 16.4. The van der Waals surface area contributed by atoms with E-state index in [2.05, 4.69) is 5.32 Å². The zero-order valence-corrected chi connectivity index (χ0v) is 10.00. The van der Waals surface area contributed by atoms with Crippen LogP contribution in [0.3, 0.4) is 0 Å². The Morgan fingerprint density at radius 3 is 2.42 bits per heavy atom. The number of phenols is 1. The Bertz CT molecular complexity index is 501. The maximum Gasteiger partial charge on any atom is 0.326 e. The van der Waals surface area contributed by atoms with Crippen molar-refractivity contribution in [2.45, 2.75) is 18.9 Å². The number of benzene rings is 1. The fourth-order valence-electron chi connectivity index (χ4n) is 1.48. The van der Waals surface area contributed by atoms with E-state index in [1.807, 2.05) is 0 Å². The van der Waals surface area contributed by atoms with E-state index in [-0.39, 0.29) is 12.2 Å². The molecular weight excluding hydrogens is 252 g/mol. The van der Waals surface area contributed by atoms with Crippen molar-refractivity contribution in [2.75, 3.05) is 0 Å². The number of nitrogens with one attached hydrogen (secondary N) is 1. The molecule has 0 aliphatic rings. The summed E-state index contributed by atoms with van der Waals surface area (Å²) in [6, 6.07) is 4.83.